The van der Waals surface area contributed by atoms with Gasteiger partial charge in [-0.25, -0.2) is 0 Å². The standard InChI is InChI=1S/C16H32O3/c1-3-5-6-7-8-9-12-16(17)19-15-11-10-14-18-13-4-2/h3-15H2,1-2H3. The number of hydrogen-bond donors (Lipinski definition) is 0. The van der Waals surface area contributed by atoms with Crippen LogP contribution in [0.5, 0.6) is 0 Å². The lowest BCUT2D eigenvalue weighted by atomic mass is 10.1. The molecule has 0 saturated carbocycles. The predicted octanol–water partition coefficient (Wildman–Crippen LogP) is 4.49. The van der Waals surface area contributed by atoms with Crippen molar-refractivity contribution in [2.24, 2.45) is 0 Å². The molecule has 0 aromatic rings. The van der Waals surface area contributed by atoms with Crippen LogP contribution in [0.15, 0.2) is 0 Å². The number of esters is 1. The SMILES string of the molecule is CCCCCCCCC(=O)OCCCCOCCC. The normalized spacial score (nSPS) is 10.6. The molecule has 0 saturated heterocycles. The molecular formula is C16H32O3. The first-order chi connectivity index (χ1) is 9.31. The molecule has 0 N–H and O–H groups in total. The van der Waals surface area contributed by atoms with Crippen molar-refractivity contribution < 1.29 is 14.3 Å². The summed E-state index contributed by atoms with van der Waals surface area (Å²) in [6.45, 7) is 6.47. The van der Waals surface area contributed by atoms with E-state index in [2.05, 4.69) is 13.8 Å². The molecule has 0 aliphatic heterocycles. The molecule has 0 rings (SSSR count). The number of carbonyl (C=O) groups excluding carboxylic acids is 1. The van der Waals surface area contributed by atoms with Crippen LogP contribution in [-0.2, 0) is 14.3 Å². The average Bonchev–Trinajstić information content (AvgIpc) is 2.41. The van der Waals surface area contributed by atoms with Crippen molar-refractivity contribution in [1.82, 2.24) is 0 Å². The van der Waals surface area contributed by atoms with E-state index in [9.17, 15) is 4.79 Å². The van der Waals surface area contributed by atoms with E-state index in [1.54, 1.807) is 0 Å². The minimum atomic E-state index is -0.0371. The monoisotopic (exact) mass is 272 g/mol. The molecule has 0 amide bonds. The maximum atomic E-state index is 11.4. The summed E-state index contributed by atoms with van der Waals surface area (Å²) in [5.41, 5.74) is 0. The zero-order valence-corrected chi connectivity index (χ0v) is 12.9. The van der Waals surface area contributed by atoms with Crippen LogP contribution in [0.25, 0.3) is 0 Å². The zero-order chi connectivity index (χ0) is 14.2. The molecule has 114 valence electrons. The van der Waals surface area contributed by atoms with E-state index >= 15 is 0 Å². The predicted molar refractivity (Wildman–Crippen MR) is 79.3 cm³/mol. The summed E-state index contributed by atoms with van der Waals surface area (Å²) in [5, 5.41) is 0. The summed E-state index contributed by atoms with van der Waals surface area (Å²) in [4.78, 5) is 11.4. The van der Waals surface area contributed by atoms with Crippen LogP contribution in [-0.4, -0.2) is 25.8 Å². The largest absolute Gasteiger partial charge is 0.466 e. The van der Waals surface area contributed by atoms with Crippen molar-refractivity contribution in [3.05, 3.63) is 0 Å². The third kappa shape index (κ3) is 15.4. The van der Waals surface area contributed by atoms with Gasteiger partial charge < -0.3 is 9.47 Å². The van der Waals surface area contributed by atoms with Gasteiger partial charge in [-0.05, 0) is 25.7 Å². The summed E-state index contributed by atoms with van der Waals surface area (Å²) in [5.74, 6) is -0.0371. The van der Waals surface area contributed by atoms with Crippen LogP contribution < -0.4 is 0 Å². The second-order valence-electron chi connectivity index (χ2n) is 5.06. The lowest BCUT2D eigenvalue weighted by Gasteiger charge is -2.05. The van der Waals surface area contributed by atoms with Gasteiger partial charge in [-0.3, -0.25) is 4.79 Å². The first kappa shape index (κ1) is 18.4. The van der Waals surface area contributed by atoms with Gasteiger partial charge in [0.2, 0.25) is 0 Å². The Hall–Kier alpha value is -0.570. The van der Waals surface area contributed by atoms with Gasteiger partial charge in [0.05, 0.1) is 6.61 Å². The first-order valence-corrected chi connectivity index (χ1v) is 8.04. The smallest absolute Gasteiger partial charge is 0.305 e. The van der Waals surface area contributed by atoms with E-state index in [-0.39, 0.29) is 5.97 Å². The van der Waals surface area contributed by atoms with Gasteiger partial charge in [-0.2, -0.15) is 0 Å². The Morgan fingerprint density at radius 1 is 0.737 bits per heavy atom. The van der Waals surface area contributed by atoms with Crippen molar-refractivity contribution in [3.8, 4) is 0 Å². The van der Waals surface area contributed by atoms with Gasteiger partial charge in [0.1, 0.15) is 0 Å². The highest BCUT2D eigenvalue weighted by Crippen LogP contribution is 2.07. The molecule has 0 aromatic heterocycles. The fourth-order valence-electron chi connectivity index (χ4n) is 1.86. The molecule has 0 unspecified atom stereocenters. The Morgan fingerprint density at radius 3 is 2.16 bits per heavy atom. The molecule has 0 aliphatic rings. The maximum absolute atomic E-state index is 11.4. The minimum absolute atomic E-state index is 0.0371. The van der Waals surface area contributed by atoms with E-state index in [1.807, 2.05) is 0 Å². The highest BCUT2D eigenvalue weighted by atomic mass is 16.5. The van der Waals surface area contributed by atoms with E-state index in [4.69, 9.17) is 9.47 Å². The summed E-state index contributed by atoms with van der Waals surface area (Å²) in [6.07, 6.45) is 10.8. The Morgan fingerprint density at radius 2 is 1.42 bits per heavy atom. The summed E-state index contributed by atoms with van der Waals surface area (Å²) in [7, 11) is 0. The van der Waals surface area contributed by atoms with Crippen LogP contribution in [0.3, 0.4) is 0 Å². The van der Waals surface area contributed by atoms with E-state index < -0.39 is 0 Å². The minimum Gasteiger partial charge on any atom is -0.466 e. The van der Waals surface area contributed by atoms with Crippen LogP contribution in [0.4, 0.5) is 0 Å². The van der Waals surface area contributed by atoms with Crippen molar-refractivity contribution in [2.75, 3.05) is 19.8 Å². The van der Waals surface area contributed by atoms with Gasteiger partial charge in [-0.15, -0.1) is 0 Å². The molecular weight excluding hydrogens is 240 g/mol. The molecule has 0 aromatic carbocycles. The van der Waals surface area contributed by atoms with Crippen LogP contribution in [0, 0.1) is 0 Å². The summed E-state index contributed by atoms with van der Waals surface area (Å²) in [6, 6.07) is 0. The number of unbranched alkanes of at least 4 members (excludes halogenated alkanes) is 6. The fraction of sp³-hybridized carbons (Fsp3) is 0.938. The van der Waals surface area contributed by atoms with E-state index in [0.29, 0.717) is 13.0 Å². The maximum Gasteiger partial charge on any atom is 0.305 e. The lowest BCUT2D eigenvalue weighted by Crippen LogP contribution is -2.06. The number of rotatable bonds is 14. The molecule has 0 aliphatic carbocycles. The van der Waals surface area contributed by atoms with Crippen molar-refractivity contribution >= 4 is 5.97 Å². The molecule has 0 bridgehead atoms. The number of hydrogen-bond acceptors (Lipinski definition) is 3. The van der Waals surface area contributed by atoms with Gasteiger partial charge in [0.25, 0.3) is 0 Å². The Bertz CT molecular complexity index is 192. The van der Waals surface area contributed by atoms with Gasteiger partial charge in [0.15, 0.2) is 0 Å². The fourth-order valence-corrected chi connectivity index (χ4v) is 1.86. The Balaban J connectivity index is 3.13. The highest BCUT2D eigenvalue weighted by Gasteiger charge is 2.02. The molecule has 0 radical (unpaired) electrons. The van der Waals surface area contributed by atoms with Gasteiger partial charge in [-0.1, -0.05) is 46.0 Å². The van der Waals surface area contributed by atoms with Crippen molar-refractivity contribution in [3.63, 3.8) is 0 Å². The van der Waals surface area contributed by atoms with Crippen molar-refractivity contribution in [2.45, 2.75) is 78.1 Å². The number of ether oxygens (including phenoxy) is 2. The van der Waals surface area contributed by atoms with Gasteiger partial charge >= 0.3 is 5.97 Å². The van der Waals surface area contributed by atoms with Gasteiger partial charge in [0, 0.05) is 19.6 Å². The second-order valence-corrected chi connectivity index (χ2v) is 5.06. The molecule has 0 fully saturated rings. The molecule has 19 heavy (non-hydrogen) atoms. The van der Waals surface area contributed by atoms with Crippen LogP contribution in [0.1, 0.15) is 78.1 Å². The summed E-state index contributed by atoms with van der Waals surface area (Å²) < 4.78 is 10.5. The van der Waals surface area contributed by atoms with Crippen LogP contribution >= 0.6 is 0 Å². The first-order valence-electron chi connectivity index (χ1n) is 8.04. The number of carbonyl (C=O) groups is 1. The molecule has 0 heterocycles. The zero-order valence-electron chi connectivity index (χ0n) is 12.9. The molecule has 0 atom stereocenters. The molecule has 3 heteroatoms. The summed E-state index contributed by atoms with van der Waals surface area (Å²) >= 11 is 0. The Kier molecular flexibility index (Phi) is 15.0. The quantitative estimate of drug-likeness (QED) is 0.345. The topological polar surface area (TPSA) is 35.5 Å². The highest BCUT2D eigenvalue weighted by molar-refractivity contribution is 5.69. The molecule has 3 nitrogen and oxygen atoms in total. The lowest BCUT2D eigenvalue weighted by molar-refractivity contribution is -0.144. The van der Waals surface area contributed by atoms with E-state index in [1.165, 1.54) is 25.7 Å². The third-order valence-corrected chi connectivity index (χ3v) is 3.03. The van der Waals surface area contributed by atoms with Crippen LogP contribution in [0.2, 0.25) is 0 Å². The van der Waals surface area contributed by atoms with Crippen molar-refractivity contribution in [1.29, 1.82) is 0 Å². The second kappa shape index (κ2) is 15.5. The van der Waals surface area contributed by atoms with E-state index in [0.717, 1.165) is 45.3 Å². The third-order valence-electron chi connectivity index (χ3n) is 3.03. The Labute approximate surface area is 119 Å². The average molecular weight is 272 g/mol. The molecule has 0 spiro atoms.